The predicted molar refractivity (Wildman–Crippen MR) is 63.6 cm³/mol. The van der Waals surface area contributed by atoms with Crippen molar-refractivity contribution >= 4 is 5.78 Å². The van der Waals surface area contributed by atoms with Crippen LogP contribution in [0.4, 0.5) is 4.39 Å². The Morgan fingerprint density at radius 1 is 1.41 bits per heavy atom. The summed E-state index contributed by atoms with van der Waals surface area (Å²) in [6.07, 6.45) is 4.36. The van der Waals surface area contributed by atoms with E-state index in [1.54, 1.807) is 18.2 Å². The van der Waals surface area contributed by atoms with Gasteiger partial charge in [-0.25, -0.2) is 4.39 Å². The molecule has 0 heterocycles. The van der Waals surface area contributed by atoms with Gasteiger partial charge in [-0.2, -0.15) is 0 Å². The van der Waals surface area contributed by atoms with Crippen LogP contribution in [0, 0.1) is 11.7 Å². The Bertz CT molecular complexity index is 409. The fourth-order valence-corrected chi connectivity index (χ4v) is 2.43. The number of ketones is 1. The molecule has 0 amide bonds. The molecule has 2 rings (SSSR count). The van der Waals surface area contributed by atoms with Gasteiger partial charge in [0.1, 0.15) is 5.78 Å². The van der Waals surface area contributed by atoms with Crippen LogP contribution in [0.1, 0.15) is 31.2 Å². The van der Waals surface area contributed by atoms with Crippen molar-refractivity contribution in [2.24, 2.45) is 5.92 Å². The van der Waals surface area contributed by atoms with E-state index < -0.39 is 5.82 Å². The van der Waals surface area contributed by atoms with Gasteiger partial charge in [-0.15, -0.1) is 0 Å². The molecular weight excluding hydrogens is 219 g/mol. The highest BCUT2D eigenvalue weighted by Gasteiger charge is 2.23. The second-order valence-electron chi connectivity index (χ2n) is 4.56. The van der Waals surface area contributed by atoms with E-state index in [1.807, 2.05) is 0 Å². The summed E-state index contributed by atoms with van der Waals surface area (Å²) in [5, 5.41) is 0. The van der Waals surface area contributed by atoms with E-state index in [0.717, 1.165) is 25.7 Å². The maximum absolute atomic E-state index is 13.8. The van der Waals surface area contributed by atoms with Crippen molar-refractivity contribution in [1.29, 1.82) is 0 Å². The van der Waals surface area contributed by atoms with Gasteiger partial charge in [0.15, 0.2) is 11.6 Å². The summed E-state index contributed by atoms with van der Waals surface area (Å²) < 4.78 is 18.7. The molecule has 0 bridgehead atoms. The maximum Gasteiger partial charge on any atom is 0.168 e. The summed E-state index contributed by atoms with van der Waals surface area (Å²) in [7, 11) is 1.43. The summed E-state index contributed by atoms with van der Waals surface area (Å²) in [6, 6.07) is 4.95. The Labute approximate surface area is 101 Å². The lowest BCUT2D eigenvalue weighted by molar-refractivity contribution is -0.122. The third kappa shape index (κ3) is 2.65. The van der Waals surface area contributed by atoms with E-state index in [2.05, 4.69) is 0 Å². The van der Waals surface area contributed by atoms with Crippen LogP contribution in [0.3, 0.4) is 0 Å². The summed E-state index contributed by atoms with van der Waals surface area (Å²) in [6.45, 7) is 0. The SMILES string of the molecule is COc1cccc(CC(=O)C2CCCC2)c1F. The molecule has 1 fully saturated rings. The molecule has 3 heteroatoms. The molecule has 1 aliphatic rings. The first-order valence-electron chi connectivity index (χ1n) is 6.06. The van der Waals surface area contributed by atoms with Gasteiger partial charge in [0.2, 0.25) is 0 Å². The molecule has 0 unspecified atom stereocenters. The van der Waals surface area contributed by atoms with Crippen LogP contribution in [0.15, 0.2) is 18.2 Å². The molecule has 0 N–H and O–H groups in total. The number of Topliss-reactive ketones (excluding diaryl/α,β-unsaturated/α-hetero) is 1. The minimum atomic E-state index is -0.402. The van der Waals surface area contributed by atoms with Crippen LogP contribution < -0.4 is 4.74 Å². The lowest BCUT2D eigenvalue weighted by Gasteiger charge is -2.10. The fraction of sp³-hybridized carbons (Fsp3) is 0.500. The first-order chi connectivity index (χ1) is 8.22. The lowest BCUT2D eigenvalue weighted by atomic mass is 9.96. The largest absolute Gasteiger partial charge is 0.494 e. The van der Waals surface area contributed by atoms with Gasteiger partial charge in [-0.3, -0.25) is 4.79 Å². The molecule has 0 spiro atoms. The summed E-state index contributed by atoms with van der Waals surface area (Å²) in [5.74, 6) is 0.110. The highest BCUT2D eigenvalue weighted by Crippen LogP contribution is 2.28. The summed E-state index contributed by atoms with van der Waals surface area (Å²) in [5.41, 5.74) is 0.446. The smallest absolute Gasteiger partial charge is 0.168 e. The van der Waals surface area contributed by atoms with Gasteiger partial charge in [0.25, 0.3) is 0 Å². The number of halogens is 1. The molecule has 92 valence electrons. The minimum absolute atomic E-state index is 0.139. The van der Waals surface area contributed by atoms with Crippen LogP contribution in [-0.2, 0) is 11.2 Å². The average Bonchev–Trinajstić information content (AvgIpc) is 2.85. The molecule has 17 heavy (non-hydrogen) atoms. The summed E-state index contributed by atoms with van der Waals surface area (Å²) >= 11 is 0. The summed E-state index contributed by atoms with van der Waals surface area (Å²) in [4.78, 5) is 12.0. The molecule has 0 aromatic heterocycles. The van der Waals surface area contributed by atoms with Crippen molar-refractivity contribution in [2.75, 3.05) is 7.11 Å². The molecule has 0 radical (unpaired) electrons. The number of rotatable bonds is 4. The molecule has 0 saturated heterocycles. The molecule has 0 aliphatic heterocycles. The normalized spacial score (nSPS) is 16.1. The number of hydrogen-bond donors (Lipinski definition) is 0. The predicted octanol–water partition coefficient (Wildman–Crippen LogP) is 3.14. The van der Waals surface area contributed by atoms with Gasteiger partial charge >= 0.3 is 0 Å². The number of carbonyl (C=O) groups excluding carboxylic acids is 1. The van der Waals surface area contributed by atoms with Crippen molar-refractivity contribution in [3.63, 3.8) is 0 Å². The van der Waals surface area contributed by atoms with Crippen molar-refractivity contribution in [3.05, 3.63) is 29.6 Å². The number of methoxy groups -OCH3 is 1. The number of carbonyl (C=O) groups is 1. The first kappa shape index (κ1) is 12.1. The van der Waals surface area contributed by atoms with Gasteiger partial charge in [0, 0.05) is 12.3 Å². The monoisotopic (exact) mass is 236 g/mol. The number of hydrogen-bond acceptors (Lipinski definition) is 2. The molecule has 2 nitrogen and oxygen atoms in total. The van der Waals surface area contributed by atoms with E-state index in [-0.39, 0.29) is 23.9 Å². The standard InChI is InChI=1S/C14H17FO2/c1-17-13-8-4-7-11(14(13)15)9-12(16)10-5-2-3-6-10/h4,7-8,10H,2-3,5-6,9H2,1H3. The van der Waals surface area contributed by atoms with Crippen LogP contribution in [0.5, 0.6) is 5.75 Å². The van der Waals surface area contributed by atoms with Gasteiger partial charge < -0.3 is 4.74 Å². The zero-order valence-corrected chi connectivity index (χ0v) is 10.0. The Kier molecular flexibility index (Phi) is 3.77. The molecule has 1 aliphatic carbocycles. The zero-order valence-electron chi connectivity index (χ0n) is 10.0. The highest BCUT2D eigenvalue weighted by molar-refractivity contribution is 5.83. The van der Waals surface area contributed by atoms with Crippen molar-refractivity contribution < 1.29 is 13.9 Å². The topological polar surface area (TPSA) is 26.3 Å². The Morgan fingerprint density at radius 2 is 2.12 bits per heavy atom. The van der Waals surface area contributed by atoms with Crippen molar-refractivity contribution in [3.8, 4) is 5.75 Å². The van der Waals surface area contributed by atoms with E-state index in [1.165, 1.54) is 7.11 Å². The molecule has 1 aromatic carbocycles. The molecule has 1 saturated carbocycles. The van der Waals surface area contributed by atoms with Crippen LogP contribution in [-0.4, -0.2) is 12.9 Å². The Balaban J connectivity index is 2.10. The fourth-order valence-electron chi connectivity index (χ4n) is 2.43. The Hall–Kier alpha value is -1.38. The van der Waals surface area contributed by atoms with E-state index >= 15 is 0 Å². The third-order valence-electron chi connectivity index (χ3n) is 3.44. The lowest BCUT2D eigenvalue weighted by Crippen LogP contribution is -2.14. The van der Waals surface area contributed by atoms with Gasteiger partial charge in [-0.05, 0) is 24.5 Å². The Morgan fingerprint density at radius 3 is 2.76 bits per heavy atom. The zero-order chi connectivity index (χ0) is 12.3. The van der Waals surface area contributed by atoms with Crippen LogP contribution in [0.2, 0.25) is 0 Å². The maximum atomic E-state index is 13.8. The van der Waals surface area contributed by atoms with Crippen molar-refractivity contribution in [1.82, 2.24) is 0 Å². The van der Waals surface area contributed by atoms with Crippen LogP contribution in [0.25, 0.3) is 0 Å². The number of benzene rings is 1. The molecule has 0 atom stereocenters. The van der Waals surface area contributed by atoms with Gasteiger partial charge in [0.05, 0.1) is 7.11 Å². The number of ether oxygens (including phenoxy) is 1. The van der Waals surface area contributed by atoms with E-state index in [4.69, 9.17) is 4.74 Å². The highest BCUT2D eigenvalue weighted by atomic mass is 19.1. The average molecular weight is 236 g/mol. The second-order valence-corrected chi connectivity index (χ2v) is 4.56. The first-order valence-corrected chi connectivity index (χ1v) is 6.06. The molecule has 1 aromatic rings. The van der Waals surface area contributed by atoms with Gasteiger partial charge in [-0.1, -0.05) is 25.0 Å². The van der Waals surface area contributed by atoms with E-state index in [0.29, 0.717) is 5.56 Å². The van der Waals surface area contributed by atoms with Crippen LogP contribution >= 0.6 is 0 Å². The molecular formula is C14H17FO2. The third-order valence-corrected chi connectivity index (χ3v) is 3.44. The second kappa shape index (κ2) is 5.30. The minimum Gasteiger partial charge on any atom is -0.494 e. The quantitative estimate of drug-likeness (QED) is 0.802. The van der Waals surface area contributed by atoms with Crippen molar-refractivity contribution in [2.45, 2.75) is 32.1 Å². The van der Waals surface area contributed by atoms with E-state index in [9.17, 15) is 9.18 Å².